The molecule has 9 heteroatoms. The van der Waals surface area contributed by atoms with Crippen molar-refractivity contribution in [1.29, 1.82) is 0 Å². The van der Waals surface area contributed by atoms with Gasteiger partial charge in [0.2, 0.25) is 0 Å². The molecule has 0 spiro atoms. The summed E-state index contributed by atoms with van der Waals surface area (Å²) < 4.78 is 54.2. The second kappa shape index (κ2) is 8.04. The first kappa shape index (κ1) is 20.5. The first-order valence-electron chi connectivity index (χ1n) is 8.29. The van der Waals surface area contributed by atoms with E-state index in [2.05, 4.69) is 10.6 Å². The molecular weight excluding hydrogens is 408 g/mol. The fourth-order valence-electron chi connectivity index (χ4n) is 2.59. The highest BCUT2D eigenvalue weighted by Crippen LogP contribution is 2.37. The number of thiophene rings is 1. The molecule has 1 heterocycles. The number of aryl methyl sites for hydroxylation is 1. The summed E-state index contributed by atoms with van der Waals surface area (Å²) in [6.45, 7) is 1.68. The highest BCUT2D eigenvalue weighted by molar-refractivity contribution is 7.12. The van der Waals surface area contributed by atoms with Gasteiger partial charge in [-0.3, -0.25) is 9.59 Å². The molecule has 29 heavy (non-hydrogen) atoms. The van der Waals surface area contributed by atoms with Crippen LogP contribution in [0.4, 0.5) is 28.9 Å². The molecule has 0 atom stereocenters. The monoisotopic (exact) mass is 422 g/mol. The van der Waals surface area contributed by atoms with Crippen LogP contribution in [0.1, 0.15) is 31.2 Å². The Morgan fingerprint density at radius 1 is 0.966 bits per heavy atom. The van der Waals surface area contributed by atoms with E-state index in [0.29, 0.717) is 16.5 Å². The van der Waals surface area contributed by atoms with E-state index in [9.17, 15) is 27.2 Å². The van der Waals surface area contributed by atoms with Crippen LogP contribution < -0.4 is 10.6 Å². The molecule has 0 bridgehead atoms. The molecule has 0 aliphatic heterocycles. The van der Waals surface area contributed by atoms with Crippen molar-refractivity contribution >= 4 is 34.5 Å². The third-order valence-electron chi connectivity index (χ3n) is 4.02. The molecule has 0 saturated heterocycles. The van der Waals surface area contributed by atoms with Gasteiger partial charge < -0.3 is 10.6 Å². The second-order valence-electron chi connectivity index (χ2n) is 6.08. The van der Waals surface area contributed by atoms with Gasteiger partial charge in [-0.15, -0.1) is 11.3 Å². The molecule has 4 nitrogen and oxygen atoms in total. The lowest BCUT2D eigenvalue weighted by Gasteiger charge is -2.16. The van der Waals surface area contributed by atoms with E-state index in [1.54, 1.807) is 18.4 Å². The van der Waals surface area contributed by atoms with Crippen molar-refractivity contribution in [3.8, 4) is 0 Å². The first-order valence-corrected chi connectivity index (χ1v) is 9.17. The fraction of sp³-hybridized carbons (Fsp3) is 0.100. The lowest BCUT2D eigenvalue weighted by molar-refractivity contribution is -0.136. The normalized spacial score (nSPS) is 11.2. The van der Waals surface area contributed by atoms with Crippen LogP contribution in [0.2, 0.25) is 0 Å². The SMILES string of the molecule is Cc1ccsc1C(=O)Nc1ccc(NC(=O)c2ccccc2F)cc1C(F)(F)F. The maximum absolute atomic E-state index is 13.7. The van der Waals surface area contributed by atoms with E-state index in [1.807, 2.05) is 0 Å². The number of amides is 2. The average Bonchev–Trinajstić information content (AvgIpc) is 3.08. The van der Waals surface area contributed by atoms with Gasteiger partial charge in [0.15, 0.2) is 0 Å². The highest BCUT2D eigenvalue weighted by atomic mass is 32.1. The summed E-state index contributed by atoms with van der Waals surface area (Å²) >= 11 is 1.11. The number of nitrogens with one attached hydrogen (secondary N) is 2. The topological polar surface area (TPSA) is 58.2 Å². The second-order valence-corrected chi connectivity index (χ2v) is 7.00. The molecule has 2 aromatic carbocycles. The van der Waals surface area contributed by atoms with Crippen molar-refractivity contribution in [2.45, 2.75) is 13.1 Å². The number of hydrogen-bond acceptors (Lipinski definition) is 3. The van der Waals surface area contributed by atoms with Crippen molar-refractivity contribution in [1.82, 2.24) is 0 Å². The summed E-state index contributed by atoms with van der Waals surface area (Å²) in [5.74, 6) is -2.34. The third-order valence-corrected chi connectivity index (χ3v) is 5.03. The predicted molar refractivity (Wildman–Crippen MR) is 103 cm³/mol. The number of carbonyl (C=O) groups excluding carboxylic acids is 2. The fourth-order valence-corrected chi connectivity index (χ4v) is 3.41. The highest BCUT2D eigenvalue weighted by Gasteiger charge is 2.34. The van der Waals surface area contributed by atoms with Gasteiger partial charge in [0.1, 0.15) is 5.82 Å². The Morgan fingerprint density at radius 2 is 1.69 bits per heavy atom. The van der Waals surface area contributed by atoms with Gasteiger partial charge >= 0.3 is 6.18 Å². The number of alkyl halides is 3. The summed E-state index contributed by atoms with van der Waals surface area (Å²) in [6.07, 6.45) is -4.79. The van der Waals surface area contributed by atoms with Crippen molar-refractivity contribution < 1.29 is 27.2 Å². The molecule has 0 fully saturated rings. The molecule has 2 N–H and O–H groups in total. The largest absolute Gasteiger partial charge is 0.418 e. The van der Waals surface area contributed by atoms with Crippen LogP contribution in [0.5, 0.6) is 0 Å². The molecule has 1 aromatic heterocycles. The number of anilines is 2. The molecule has 0 saturated carbocycles. The minimum atomic E-state index is -4.79. The van der Waals surface area contributed by atoms with Gasteiger partial charge in [-0.1, -0.05) is 12.1 Å². The molecule has 150 valence electrons. The quantitative estimate of drug-likeness (QED) is 0.529. The Morgan fingerprint density at radius 3 is 2.31 bits per heavy atom. The van der Waals surface area contributed by atoms with Crippen LogP contribution in [0.15, 0.2) is 53.9 Å². The Bertz CT molecular complexity index is 1080. The van der Waals surface area contributed by atoms with Crippen molar-refractivity contribution in [2.24, 2.45) is 0 Å². The Kier molecular flexibility index (Phi) is 5.69. The number of hydrogen-bond donors (Lipinski definition) is 2. The summed E-state index contributed by atoms with van der Waals surface area (Å²) in [7, 11) is 0. The first-order chi connectivity index (χ1) is 13.7. The molecule has 0 unspecified atom stereocenters. The smallest absolute Gasteiger partial charge is 0.322 e. The maximum Gasteiger partial charge on any atom is 0.418 e. The maximum atomic E-state index is 13.7. The van der Waals surface area contributed by atoms with Gasteiger partial charge in [0.25, 0.3) is 11.8 Å². The minimum Gasteiger partial charge on any atom is -0.322 e. The minimum absolute atomic E-state index is 0.184. The van der Waals surface area contributed by atoms with Crippen molar-refractivity contribution in [3.05, 3.63) is 81.3 Å². The van der Waals surface area contributed by atoms with Crippen LogP contribution >= 0.6 is 11.3 Å². The van der Waals surface area contributed by atoms with E-state index >= 15 is 0 Å². The lowest BCUT2D eigenvalue weighted by Crippen LogP contribution is -2.18. The summed E-state index contributed by atoms with van der Waals surface area (Å²) in [6, 6.07) is 9.73. The van der Waals surface area contributed by atoms with Crippen molar-refractivity contribution in [3.63, 3.8) is 0 Å². The van der Waals surface area contributed by atoms with E-state index < -0.39 is 35.1 Å². The number of carbonyl (C=O) groups is 2. The van der Waals surface area contributed by atoms with E-state index in [-0.39, 0.29) is 11.3 Å². The Hall–Kier alpha value is -3.20. The number of benzene rings is 2. The molecule has 3 aromatic rings. The van der Waals surface area contributed by atoms with E-state index in [4.69, 9.17) is 0 Å². The summed E-state index contributed by atoms with van der Waals surface area (Å²) in [5, 5.41) is 6.16. The van der Waals surface area contributed by atoms with Gasteiger partial charge in [-0.05, 0) is 54.3 Å². The zero-order valence-corrected chi connectivity index (χ0v) is 15.7. The van der Waals surface area contributed by atoms with Crippen molar-refractivity contribution in [2.75, 3.05) is 10.6 Å². The standard InChI is InChI=1S/C20H14F4N2O2S/c1-11-8-9-29-17(11)19(28)26-16-7-6-12(10-14(16)20(22,23)24)25-18(27)13-4-2-3-5-15(13)21/h2-10H,1H3,(H,25,27)(H,26,28). The molecule has 0 aliphatic rings. The van der Waals surface area contributed by atoms with Crippen LogP contribution in [0.25, 0.3) is 0 Å². The molecule has 0 aliphatic carbocycles. The molecule has 3 rings (SSSR count). The molecular formula is C20H14F4N2O2S. The molecule has 0 radical (unpaired) electrons. The van der Waals surface area contributed by atoms with Gasteiger partial charge in [-0.25, -0.2) is 4.39 Å². The van der Waals surface area contributed by atoms with Crippen LogP contribution in [-0.4, -0.2) is 11.8 Å². The lowest BCUT2D eigenvalue weighted by atomic mass is 10.1. The van der Waals surface area contributed by atoms with Crippen LogP contribution in [0.3, 0.4) is 0 Å². The predicted octanol–water partition coefficient (Wildman–Crippen LogP) is 5.72. The van der Waals surface area contributed by atoms with Gasteiger partial charge in [0.05, 0.1) is 21.7 Å². The van der Waals surface area contributed by atoms with Crippen LogP contribution in [0, 0.1) is 12.7 Å². The Labute approximate surface area is 167 Å². The van der Waals surface area contributed by atoms with Gasteiger partial charge in [-0.2, -0.15) is 13.2 Å². The molecule has 2 amide bonds. The average molecular weight is 422 g/mol. The van der Waals surface area contributed by atoms with E-state index in [1.165, 1.54) is 24.3 Å². The Balaban J connectivity index is 1.88. The van der Waals surface area contributed by atoms with E-state index in [0.717, 1.165) is 23.5 Å². The summed E-state index contributed by atoms with van der Waals surface area (Å²) in [5.41, 5.74) is -1.41. The number of rotatable bonds is 4. The van der Waals surface area contributed by atoms with Gasteiger partial charge in [0, 0.05) is 5.69 Å². The van der Waals surface area contributed by atoms with Crippen LogP contribution in [-0.2, 0) is 6.18 Å². The number of halogens is 4. The third kappa shape index (κ3) is 4.62. The zero-order valence-electron chi connectivity index (χ0n) is 14.9. The summed E-state index contributed by atoms with van der Waals surface area (Å²) in [4.78, 5) is 24.7. The zero-order chi connectivity index (χ0) is 21.2.